The fraction of sp³-hybridized carbons (Fsp3) is 0.316. The molecule has 5 nitrogen and oxygen atoms in total. The molecule has 130 valence electrons. The highest BCUT2D eigenvalue weighted by Gasteiger charge is 2.36. The van der Waals surface area contributed by atoms with Gasteiger partial charge in [0.25, 0.3) is 15.9 Å². The van der Waals surface area contributed by atoms with Crippen molar-refractivity contribution in [3.8, 4) is 0 Å². The Bertz CT molecular complexity index is 921. The fourth-order valence-corrected chi connectivity index (χ4v) is 5.03. The Morgan fingerprint density at radius 2 is 1.84 bits per heavy atom. The van der Waals surface area contributed by atoms with Crippen LogP contribution in [0.5, 0.6) is 0 Å². The van der Waals surface area contributed by atoms with E-state index in [0.717, 1.165) is 18.4 Å². The summed E-state index contributed by atoms with van der Waals surface area (Å²) < 4.78 is 27.5. The van der Waals surface area contributed by atoms with Crippen molar-refractivity contribution in [2.45, 2.75) is 43.2 Å². The van der Waals surface area contributed by atoms with Crippen LogP contribution in [-0.2, 0) is 16.4 Å². The van der Waals surface area contributed by atoms with Gasteiger partial charge in [0.05, 0.1) is 10.6 Å². The molecule has 0 unspecified atom stereocenters. The van der Waals surface area contributed by atoms with Crippen LogP contribution in [0.2, 0.25) is 0 Å². The molecule has 1 heterocycles. The van der Waals surface area contributed by atoms with Gasteiger partial charge in [-0.15, -0.1) is 0 Å². The molecule has 2 aromatic rings. The summed E-state index contributed by atoms with van der Waals surface area (Å²) in [5, 5.41) is 2.97. The summed E-state index contributed by atoms with van der Waals surface area (Å²) in [5.41, 5.74) is 2.16. The molecule has 4 rings (SSSR count). The molecule has 25 heavy (non-hydrogen) atoms. The lowest BCUT2D eigenvalue weighted by Gasteiger charge is -2.24. The number of anilines is 1. The molecule has 1 N–H and O–H groups in total. The summed E-state index contributed by atoms with van der Waals surface area (Å²) in [6, 6.07) is 13.9. The molecule has 0 aromatic heterocycles. The maximum atomic E-state index is 13.0. The van der Waals surface area contributed by atoms with E-state index in [9.17, 15) is 13.2 Å². The lowest BCUT2D eigenvalue weighted by molar-refractivity contribution is 0.0951. The van der Waals surface area contributed by atoms with Gasteiger partial charge < -0.3 is 5.32 Å². The summed E-state index contributed by atoms with van der Waals surface area (Å²) in [6.07, 6.45) is 2.68. The van der Waals surface area contributed by atoms with E-state index in [4.69, 9.17) is 0 Å². The number of hydrogen-bond acceptors (Lipinski definition) is 3. The lowest BCUT2D eigenvalue weighted by Crippen LogP contribution is -2.35. The van der Waals surface area contributed by atoms with Crippen molar-refractivity contribution in [1.82, 2.24) is 5.32 Å². The number of fused-ring (bicyclic) bond motifs is 1. The first-order valence-electron chi connectivity index (χ1n) is 8.50. The number of nitrogens with one attached hydrogen (secondary N) is 1. The van der Waals surface area contributed by atoms with Crippen molar-refractivity contribution < 1.29 is 13.2 Å². The van der Waals surface area contributed by atoms with E-state index in [0.29, 0.717) is 23.7 Å². The second kappa shape index (κ2) is 5.88. The van der Waals surface area contributed by atoms with E-state index < -0.39 is 10.0 Å². The Morgan fingerprint density at radius 1 is 1.12 bits per heavy atom. The zero-order valence-corrected chi connectivity index (χ0v) is 14.8. The van der Waals surface area contributed by atoms with Crippen LogP contribution >= 0.6 is 0 Å². The van der Waals surface area contributed by atoms with Crippen molar-refractivity contribution in [3.63, 3.8) is 0 Å². The molecule has 1 aliphatic carbocycles. The number of hydrogen-bond donors (Lipinski definition) is 1. The first-order valence-corrected chi connectivity index (χ1v) is 9.94. The second-order valence-corrected chi connectivity index (χ2v) is 8.57. The molecular formula is C19H20N2O3S. The number of carbonyl (C=O) groups is 1. The van der Waals surface area contributed by atoms with Crippen LogP contribution in [0.4, 0.5) is 5.69 Å². The van der Waals surface area contributed by atoms with Gasteiger partial charge in [0.2, 0.25) is 0 Å². The summed E-state index contributed by atoms with van der Waals surface area (Å²) >= 11 is 0. The molecule has 1 fully saturated rings. The summed E-state index contributed by atoms with van der Waals surface area (Å²) in [7, 11) is -3.61. The minimum absolute atomic E-state index is 0.0812. The minimum Gasteiger partial charge on any atom is -0.349 e. The fourth-order valence-electron chi connectivity index (χ4n) is 3.31. The highest BCUT2D eigenvalue weighted by atomic mass is 32.2. The molecular weight excluding hydrogens is 336 g/mol. The third-order valence-electron chi connectivity index (χ3n) is 4.71. The number of rotatable bonds is 4. The van der Waals surface area contributed by atoms with Gasteiger partial charge in [-0.1, -0.05) is 18.2 Å². The highest BCUT2D eigenvalue weighted by Crippen LogP contribution is 2.37. The zero-order chi connectivity index (χ0) is 17.6. The van der Waals surface area contributed by atoms with Gasteiger partial charge in [-0.2, -0.15) is 0 Å². The van der Waals surface area contributed by atoms with Gasteiger partial charge in [0, 0.05) is 17.6 Å². The topological polar surface area (TPSA) is 66.5 Å². The van der Waals surface area contributed by atoms with Crippen molar-refractivity contribution in [2.24, 2.45) is 0 Å². The van der Waals surface area contributed by atoms with Gasteiger partial charge >= 0.3 is 0 Å². The van der Waals surface area contributed by atoms with Gasteiger partial charge in [-0.05, 0) is 62.1 Å². The standard InChI is InChI=1S/C19H20N2O3S/c1-13-11-15-12-14(19(22)20-16-8-9-16)7-10-18(15)21(13)25(23,24)17-5-3-2-4-6-17/h2-7,10,12-13,16H,8-9,11H2,1H3,(H,20,22)/t13-/m1/s1. The molecule has 0 saturated heterocycles. The Hall–Kier alpha value is -2.34. The molecule has 1 atom stereocenters. The highest BCUT2D eigenvalue weighted by molar-refractivity contribution is 7.92. The Kier molecular flexibility index (Phi) is 3.80. The third kappa shape index (κ3) is 2.91. The van der Waals surface area contributed by atoms with E-state index in [1.165, 1.54) is 4.31 Å². The van der Waals surface area contributed by atoms with Crippen LogP contribution < -0.4 is 9.62 Å². The smallest absolute Gasteiger partial charge is 0.264 e. The monoisotopic (exact) mass is 356 g/mol. The van der Waals surface area contributed by atoms with Gasteiger partial charge in [-0.25, -0.2) is 8.42 Å². The molecule has 2 aromatic carbocycles. The second-order valence-electron chi connectivity index (χ2n) is 6.76. The Morgan fingerprint density at radius 3 is 2.52 bits per heavy atom. The van der Waals surface area contributed by atoms with Crippen LogP contribution in [0, 0.1) is 0 Å². The van der Waals surface area contributed by atoms with E-state index in [1.54, 1.807) is 42.5 Å². The number of nitrogens with zero attached hydrogens (tertiary/aromatic N) is 1. The largest absolute Gasteiger partial charge is 0.349 e. The maximum Gasteiger partial charge on any atom is 0.264 e. The van der Waals surface area contributed by atoms with Crippen LogP contribution in [0.1, 0.15) is 35.7 Å². The molecule has 0 radical (unpaired) electrons. The molecule has 1 aliphatic heterocycles. The first-order chi connectivity index (χ1) is 12.0. The summed E-state index contributed by atoms with van der Waals surface area (Å²) in [5.74, 6) is -0.0812. The van der Waals surface area contributed by atoms with Gasteiger partial charge in [-0.3, -0.25) is 9.10 Å². The lowest BCUT2D eigenvalue weighted by atomic mass is 10.1. The molecule has 0 spiro atoms. The first kappa shape index (κ1) is 16.1. The van der Waals surface area contributed by atoms with E-state index in [2.05, 4.69) is 5.32 Å². The quantitative estimate of drug-likeness (QED) is 0.916. The Labute approximate surface area is 147 Å². The van der Waals surface area contributed by atoms with Crippen molar-refractivity contribution in [1.29, 1.82) is 0 Å². The summed E-state index contributed by atoms with van der Waals surface area (Å²) in [6.45, 7) is 1.89. The van der Waals surface area contributed by atoms with Gasteiger partial charge in [0.1, 0.15) is 0 Å². The maximum absolute atomic E-state index is 13.0. The minimum atomic E-state index is -3.61. The van der Waals surface area contributed by atoms with Crippen LogP contribution in [-0.4, -0.2) is 26.4 Å². The van der Waals surface area contributed by atoms with E-state index >= 15 is 0 Å². The van der Waals surface area contributed by atoms with Crippen LogP contribution in [0.15, 0.2) is 53.4 Å². The van der Waals surface area contributed by atoms with Crippen molar-refractivity contribution in [3.05, 3.63) is 59.7 Å². The van der Waals surface area contributed by atoms with E-state index in [-0.39, 0.29) is 16.8 Å². The predicted molar refractivity (Wildman–Crippen MR) is 96.2 cm³/mol. The average Bonchev–Trinajstić information content (AvgIpc) is 3.34. The number of sulfonamides is 1. The molecule has 0 bridgehead atoms. The average molecular weight is 356 g/mol. The SMILES string of the molecule is C[C@@H]1Cc2cc(C(=O)NC3CC3)ccc2N1S(=O)(=O)c1ccccc1. The Balaban J connectivity index is 1.68. The zero-order valence-electron chi connectivity index (χ0n) is 14.0. The van der Waals surface area contributed by atoms with Crippen LogP contribution in [0.3, 0.4) is 0 Å². The normalized spacial score (nSPS) is 19.6. The third-order valence-corrected chi connectivity index (χ3v) is 6.65. The number of benzene rings is 2. The van der Waals surface area contributed by atoms with E-state index in [1.807, 2.05) is 13.0 Å². The molecule has 1 saturated carbocycles. The van der Waals surface area contributed by atoms with Crippen LogP contribution in [0.25, 0.3) is 0 Å². The number of amides is 1. The number of carbonyl (C=O) groups excluding carboxylic acids is 1. The predicted octanol–water partition coefficient (Wildman–Crippen LogP) is 2.72. The summed E-state index contributed by atoms with van der Waals surface area (Å²) in [4.78, 5) is 12.5. The van der Waals surface area contributed by atoms with Gasteiger partial charge in [0.15, 0.2) is 0 Å². The molecule has 6 heteroatoms. The van der Waals surface area contributed by atoms with Crippen molar-refractivity contribution >= 4 is 21.6 Å². The van der Waals surface area contributed by atoms with Crippen molar-refractivity contribution in [2.75, 3.05) is 4.31 Å². The molecule has 2 aliphatic rings. The molecule has 1 amide bonds.